The van der Waals surface area contributed by atoms with Crippen LogP contribution in [0.3, 0.4) is 0 Å². The van der Waals surface area contributed by atoms with Crippen molar-refractivity contribution in [2.75, 3.05) is 11.4 Å². The molecule has 1 aliphatic heterocycles. The molecule has 0 amide bonds. The molecule has 0 saturated heterocycles. The van der Waals surface area contributed by atoms with Gasteiger partial charge in [0.1, 0.15) is 11.6 Å². The van der Waals surface area contributed by atoms with Crippen molar-refractivity contribution in [1.82, 2.24) is 19.9 Å². The molecule has 0 atom stereocenters. The SMILES string of the molecule is CC(C)c1ncc2c(n1)CN(c1cnc3ccccc3n1)CC2. The van der Waals surface area contributed by atoms with Gasteiger partial charge in [-0.25, -0.2) is 15.0 Å². The first-order valence-corrected chi connectivity index (χ1v) is 8.02. The van der Waals surface area contributed by atoms with Gasteiger partial charge in [-0.15, -0.1) is 0 Å². The van der Waals surface area contributed by atoms with Gasteiger partial charge in [0.15, 0.2) is 0 Å². The minimum absolute atomic E-state index is 0.344. The lowest BCUT2D eigenvalue weighted by Crippen LogP contribution is -2.32. The number of aromatic nitrogens is 4. The van der Waals surface area contributed by atoms with E-state index in [1.54, 1.807) is 0 Å². The lowest BCUT2D eigenvalue weighted by atomic mass is 10.1. The van der Waals surface area contributed by atoms with Gasteiger partial charge in [-0.3, -0.25) is 4.98 Å². The Hall–Kier alpha value is -2.56. The molecular weight excluding hydrogens is 286 g/mol. The molecule has 0 unspecified atom stereocenters. The van der Waals surface area contributed by atoms with Gasteiger partial charge < -0.3 is 4.90 Å². The van der Waals surface area contributed by atoms with Crippen LogP contribution in [0, 0.1) is 0 Å². The molecule has 3 aromatic rings. The first kappa shape index (κ1) is 14.1. The second-order valence-corrected chi connectivity index (χ2v) is 6.24. The quantitative estimate of drug-likeness (QED) is 0.728. The van der Waals surface area contributed by atoms with Crippen molar-refractivity contribution in [3.63, 3.8) is 0 Å². The van der Waals surface area contributed by atoms with Crippen molar-refractivity contribution in [3.8, 4) is 0 Å². The van der Waals surface area contributed by atoms with Gasteiger partial charge in [0.2, 0.25) is 0 Å². The maximum atomic E-state index is 4.75. The Kier molecular flexibility index (Phi) is 3.41. The third-order valence-corrected chi connectivity index (χ3v) is 4.24. The van der Waals surface area contributed by atoms with E-state index in [1.165, 1.54) is 5.56 Å². The Morgan fingerprint density at radius 1 is 1.00 bits per heavy atom. The summed E-state index contributed by atoms with van der Waals surface area (Å²) in [6.07, 6.45) is 4.79. The molecule has 0 spiro atoms. The molecule has 0 aliphatic carbocycles. The van der Waals surface area contributed by atoms with E-state index in [1.807, 2.05) is 36.7 Å². The molecular formula is C18H19N5. The summed E-state index contributed by atoms with van der Waals surface area (Å²) in [4.78, 5) is 20.7. The third-order valence-electron chi connectivity index (χ3n) is 4.24. The zero-order valence-corrected chi connectivity index (χ0v) is 13.4. The van der Waals surface area contributed by atoms with E-state index >= 15 is 0 Å². The van der Waals surface area contributed by atoms with Gasteiger partial charge in [-0.05, 0) is 24.1 Å². The summed E-state index contributed by atoms with van der Waals surface area (Å²) < 4.78 is 0. The zero-order chi connectivity index (χ0) is 15.8. The van der Waals surface area contributed by atoms with Crippen molar-refractivity contribution >= 4 is 16.9 Å². The molecule has 23 heavy (non-hydrogen) atoms. The molecule has 0 fully saturated rings. The number of benzene rings is 1. The predicted molar refractivity (Wildman–Crippen MR) is 90.4 cm³/mol. The fraction of sp³-hybridized carbons (Fsp3) is 0.333. The maximum Gasteiger partial charge on any atom is 0.148 e. The largest absolute Gasteiger partial charge is 0.349 e. The zero-order valence-electron chi connectivity index (χ0n) is 13.4. The van der Waals surface area contributed by atoms with Crippen LogP contribution in [0.1, 0.15) is 36.8 Å². The Bertz CT molecular complexity index is 859. The van der Waals surface area contributed by atoms with E-state index < -0.39 is 0 Å². The standard InChI is InChI=1S/C18H19N5/c1-12(2)18-20-9-13-7-8-23(11-16(13)22-18)17-10-19-14-5-3-4-6-15(14)21-17/h3-6,9-10,12H,7-8,11H2,1-2H3. The first-order chi connectivity index (χ1) is 11.2. The monoisotopic (exact) mass is 305 g/mol. The van der Waals surface area contributed by atoms with E-state index in [9.17, 15) is 0 Å². The van der Waals surface area contributed by atoms with Crippen molar-refractivity contribution in [1.29, 1.82) is 0 Å². The molecule has 0 N–H and O–H groups in total. The molecule has 1 aromatic carbocycles. The van der Waals surface area contributed by atoms with Gasteiger partial charge in [-0.2, -0.15) is 0 Å². The number of para-hydroxylation sites is 2. The number of nitrogens with zero attached hydrogens (tertiary/aromatic N) is 5. The average Bonchev–Trinajstić information content (AvgIpc) is 2.60. The summed E-state index contributed by atoms with van der Waals surface area (Å²) in [6, 6.07) is 7.97. The topological polar surface area (TPSA) is 54.8 Å². The van der Waals surface area contributed by atoms with E-state index in [0.29, 0.717) is 5.92 Å². The van der Waals surface area contributed by atoms with E-state index in [-0.39, 0.29) is 0 Å². The number of anilines is 1. The molecule has 0 saturated carbocycles. The number of fused-ring (bicyclic) bond motifs is 2. The number of rotatable bonds is 2. The number of hydrogen-bond acceptors (Lipinski definition) is 5. The van der Waals surface area contributed by atoms with Crippen molar-refractivity contribution < 1.29 is 0 Å². The summed E-state index contributed by atoms with van der Waals surface area (Å²) in [5.41, 5.74) is 4.23. The van der Waals surface area contributed by atoms with Crippen LogP contribution < -0.4 is 4.90 Å². The Morgan fingerprint density at radius 2 is 1.83 bits per heavy atom. The van der Waals surface area contributed by atoms with Crippen LogP contribution in [0.15, 0.2) is 36.7 Å². The fourth-order valence-corrected chi connectivity index (χ4v) is 2.89. The summed E-state index contributed by atoms with van der Waals surface area (Å²) in [7, 11) is 0. The molecule has 0 bridgehead atoms. The highest BCUT2D eigenvalue weighted by atomic mass is 15.2. The normalized spacial score (nSPS) is 14.3. The van der Waals surface area contributed by atoms with Gasteiger partial charge in [0.25, 0.3) is 0 Å². The molecule has 0 radical (unpaired) electrons. The van der Waals surface area contributed by atoms with Crippen molar-refractivity contribution in [3.05, 3.63) is 53.7 Å². The molecule has 4 rings (SSSR count). The highest BCUT2D eigenvalue weighted by molar-refractivity contribution is 5.75. The first-order valence-electron chi connectivity index (χ1n) is 8.02. The molecule has 3 heterocycles. The molecule has 1 aliphatic rings. The second kappa shape index (κ2) is 5.57. The van der Waals surface area contributed by atoms with Crippen molar-refractivity contribution in [2.45, 2.75) is 32.7 Å². The fourth-order valence-electron chi connectivity index (χ4n) is 2.89. The predicted octanol–water partition coefficient (Wildman–Crippen LogP) is 3.11. The van der Waals surface area contributed by atoms with Crippen LogP contribution in [0.2, 0.25) is 0 Å². The van der Waals surface area contributed by atoms with Crippen LogP contribution in [0.25, 0.3) is 11.0 Å². The smallest absolute Gasteiger partial charge is 0.148 e. The lowest BCUT2D eigenvalue weighted by molar-refractivity contribution is 0.669. The van der Waals surface area contributed by atoms with Gasteiger partial charge in [-0.1, -0.05) is 26.0 Å². The van der Waals surface area contributed by atoms with Gasteiger partial charge in [0.05, 0.1) is 29.5 Å². The molecule has 116 valence electrons. The van der Waals surface area contributed by atoms with E-state index in [2.05, 4.69) is 28.7 Å². The van der Waals surface area contributed by atoms with Gasteiger partial charge in [0, 0.05) is 18.7 Å². The minimum Gasteiger partial charge on any atom is -0.349 e. The Balaban J connectivity index is 1.67. The van der Waals surface area contributed by atoms with Crippen LogP contribution in [-0.2, 0) is 13.0 Å². The Morgan fingerprint density at radius 3 is 2.65 bits per heavy atom. The third kappa shape index (κ3) is 2.63. The summed E-state index contributed by atoms with van der Waals surface area (Å²) in [5, 5.41) is 0. The van der Waals surface area contributed by atoms with E-state index in [4.69, 9.17) is 9.97 Å². The highest BCUT2D eigenvalue weighted by Gasteiger charge is 2.20. The second-order valence-electron chi connectivity index (χ2n) is 6.24. The molecule has 2 aromatic heterocycles. The lowest BCUT2D eigenvalue weighted by Gasteiger charge is -2.29. The maximum absolute atomic E-state index is 4.75. The summed E-state index contributed by atoms with van der Waals surface area (Å²) >= 11 is 0. The number of hydrogen-bond donors (Lipinski definition) is 0. The van der Waals surface area contributed by atoms with Gasteiger partial charge >= 0.3 is 0 Å². The minimum atomic E-state index is 0.344. The average molecular weight is 305 g/mol. The molecule has 5 nitrogen and oxygen atoms in total. The van der Waals surface area contributed by atoms with Crippen molar-refractivity contribution in [2.24, 2.45) is 0 Å². The van der Waals surface area contributed by atoms with Crippen LogP contribution in [0.5, 0.6) is 0 Å². The van der Waals surface area contributed by atoms with E-state index in [0.717, 1.165) is 47.9 Å². The van der Waals surface area contributed by atoms with Crippen LogP contribution >= 0.6 is 0 Å². The van der Waals surface area contributed by atoms with Crippen LogP contribution in [0.4, 0.5) is 5.82 Å². The highest BCUT2D eigenvalue weighted by Crippen LogP contribution is 2.23. The van der Waals surface area contributed by atoms with Crippen LogP contribution in [-0.4, -0.2) is 26.5 Å². The molecule has 5 heteroatoms. The summed E-state index contributed by atoms with van der Waals surface area (Å²) in [6.45, 7) is 5.93. The Labute approximate surface area is 135 Å². The summed E-state index contributed by atoms with van der Waals surface area (Å²) in [5.74, 6) is 2.17.